The molecule has 1 aromatic heterocycles. The van der Waals surface area contributed by atoms with Gasteiger partial charge in [0.15, 0.2) is 0 Å². The van der Waals surface area contributed by atoms with Crippen molar-refractivity contribution in [3.05, 3.63) is 65.4 Å². The van der Waals surface area contributed by atoms with Gasteiger partial charge < -0.3 is 40.2 Å². The Morgan fingerprint density at radius 2 is 1.88 bits per heavy atom. The van der Waals surface area contributed by atoms with Crippen LogP contribution in [-0.2, 0) is 6.54 Å². The van der Waals surface area contributed by atoms with Crippen LogP contribution in [0.4, 0.5) is 17.2 Å². The minimum Gasteiger partial charge on any atom is -0.497 e. The van der Waals surface area contributed by atoms with Crippen molar-refractivity contribution in [2.75, 3.05) is 39.0 Å². The Kier molecular flexibility index (Phi) is 8.55. The molecular weight excluding hydrogens is 522 g/mol. The fourth-order valence-corrected chi connectivity index (χ4v) is 4.06. The molecule has 0 bridgehead atoms. The van der Waals surface area contributed by atoms with Gasteiger partial charge >= 0.3 is 6.10 Å². The summed E-state index contributed by atoms with van der Waals surface area (Å²) in [6.07, 6.45) is -0.940. The molecule has 1 unspecified atom stereocenters. The van der Waals surface area contributed by atoms with Gasteiger partial charge in [0.2, 0.25) is 0 Å². The number of methoxy groups -OCH3 is 3. The topological polar surface area (TPSA) is 182 Å². The van der Waals surface area contributed by atoms with Gasteiger partial charge in [-0.1, -0.05) is 12.1 Å². The number of aliphatic imine (C=N–C) groups is 1. The molecule has 0 saturated carbocycles. The van der Waals surface area contributed by atoms with E-state index < -0.39 is 18.2 Å². The van der Waals surface area contributed by atoms with Crippen LogP contribution in [-0.4, -0.2) is 72.0 Å². The number of ether oxygens (including phenoxy) is 3. The molecule has 0 aliphatic carbocycles. The first kappa shape index (κ1) is 28.4. The van der Waals surface area contributed by atoms with Crippen LogP contribution in [0.25, 0.3) is 0 Å². The van der Waals surface area contributed by atoms with E-state index in [9.17, 15) is 20.1 Å². The lowest BCUT2D eigenvalue weighted by Crippen LogP contribution is -2.48. The molecule has 2 heterocycles. The fraction of sp³-hybridized carbons (Fsp3) is 0.269. The summed E-state index contributed by atoms with van der Waals surface area (Å²) in [5.41, 5.74) is 5.38. The molecule has 1 amide bonds. The monoisotopic (exact) mass is 553 g/mol. The average molecular weight is 554 g/mol. The summed E-state index contributed by atoms with van der Waals surface area (Å²) in [7, 11) is 6.46. The van der Waals surface area contributed by atoms with Gasteiger partial charge in [0.05, 0.1) is 38.3 Å². The number of benzene rings is 2. The molecule has 1 atom stereocenters. The first-order valence-corrected chi connectivity index (χ1v) is 12.0. The van der Waals surface area contributed by atoms with Crippen LogP contribution in [0.1, 0.15) is 27.7 Å². The second-order valence-electron chi connectivity index (χ2n) is 8.70. The Labute approximate surface area is 230 Å². The van der Waals surface area contributed by atoms with Gasteiger partial charge in [-0.2, -0.15) is 0 Å². The number of nitrogens with one attached hydrogen (secondary N) is 4. The minimum atomic E-state index is -3.42. The number of aromatic nitrogens is 1. The van der Waals surface area contributed by atoms with Crippen molar-refractivity contribution in [1.82, 2.24) is 20.7 Å². The van der Waals surface area contributed by atoms with E-state index in [-0.39, 0.29) is 11.3 Å². The van der Waals surface area contributed by atoms with Crippen LogP contribution in [0.15, 0.2) is 53.7 Å². The molecular formula is C26H31N7O7. The predicted octanol–water partition coefficient (Wildman–Crippen LogP) is 1.26. The van der Waals surface area contributed by atoms with Gasteiger partial charge in [-0.3, -0.25) is 15.1 Å². The summed E-state index contributed by atoms with van der Waals surface area (Å²) < 4.78 is 16.4. The lowest BCUT2D eigenvalue weighted by molar-refractivity contribution is -0.323. The summed E-state index contributed by atoms with van der Waals surface area (Å²) in [6, 6.07) is 12.4. The van der Waals surface area contributed by atoms with Crippen LogP contribution in [0.5, 0.6) is 17.2 Å². The predicted molar refractivity (Wildman–Crippen MR) is 146 cm³/mol. The van der Waals surface area contributed by atoms with Gasteiger partial charge in [0, 0.05) is 43.0 Å². The number of nitrogens with zero attached hydrogens (tertiary/aromatic N) is 3. The van der Waals surface area contributed by atoms with Crippen molar-refractivity contribution in [1.29, 1.82) is 0 Å². The molecule has 0 radical (unpaired) electrons. The van der Waals surface area contributed by atoms with Crippen molar-refractivity contribution in [3.63, 3.8) is 0 Å². The number of anilines is 3. The first-order chi connectivity index (χ1) is 19.1. The molecule has 14 heteroatoms. The van der Waals surface area contributed by atoms with E-state index in [0.29, 0.717) is 35.3 Å². The van der Waals surface area contributed by atoms with E-state index >= 15 is 0 Å². The third-order valence-electron chi connectivity index (χ3n) is 5.91. The Bertz CT molecular complexity index is 1390. The maximum absolute atomic E-state index is 12.8. The van der Waals surface area contributed by atoms with Crippen molar-refractivity contribution in [3.8, 4) is 17.2 Å². The lowest BCUT2D eigenvalue weighted by atomic mass is 10.1. The van der Waals surface area contributed by atoms with Crippen molar-refractivity contribution in [2.45, 2.75) is 18.8 Å². The number of amides is 1. The molecule has 2 aromatic carbocycles. The maximum Gasteiger partial charge on any atom is 0.369 e. The van der Waals surface area contributed by atoms with Gasteiger partial charge in [-0.05, 0) is 18.2 Å². The molecule has 212 valence electrons. The zero-order valence-electron chi connectivity index (χ0n) is 22.3. The summed E-state index contributed by atoms with van der Waals surface area (Å²) in [6.45, 7) is 0.329. The van der Waals surface area contributed by atoms with E-state index in [2.05, 4.69) is 26.0 Å². The van der Waals surface area contributed by atoms with Gasteiger partial charge in [-0.25, -0.2) is 15.4 Å². The molecule has 0 spiro atoms. The summed E-state index contributed by atoms with van der Waals surface area (Å²) in [5.74, 6) is 1.12. The number of carbonyl (C=O) groups excluding carboxylic acids is 1. The Balaban J connectivity index is 1.67. The number of pyridine rings is 1. The average Bonchev–Trinajstić information content (AvgIpc) is 3.36. The second-order valence-corrected chi connectivity index (χ2v) is 8.70. The highest BCUT2D eigenvalue weighted by molar-refractivity contribution is 6.00. The number of rotatable bonds is 11. The number of hydrazine groups is 1. The lowest BCUT2D eigenvalue weighted by Gasteiger charge is -2.21. The van der Waals surface area contributed by atoms with Crippen LogP contribution >= 0.6 is 0 Å². The minimum absolute atomic E-state index is 0.0849. The molecule has 4 rings (SSSR count). The Morgan fingerprint density at radius 1 is 1.07 bits per heavy atom. The normalized spacial score (nSPS) is 14.6. The first-order valence-electron chi connectivity index (χ1n) is 12.0. The number of hydrogen-bond acceptors (Lipinski definition) is 13. The smallest absolute Gasteiger partial charge is 0.369 e. The number of carbonyl (C=O) groups is 1. The van der Waals surface area contributed by atoms with Crippen molar-refractivity contribution < 1.29 is 34.3 Å². The molecule has 14 nitrogen and oxygen atoms in total. The Hall–Kier alpha value is -4.63. The summed E-state index contributed by atoms with van der Waals surface area (Å²) >= 11 is 0. The molecule has 0 saturated heterocycles. The second kappa shape index (κ2) is 12.0. The Morgan fingerprint density at radius 3 is 2.52 bits per heavy atom. The molecule has 7 N–H and O–H groups in total. The molecule has 40 heavy (non-hydrogen) atoms. The van der Waals surface area contributed by atoms with Gasteiger partial charge in [0.25, 0.3) is 5.91 Å². The standard InChI is InChI=1S/C26H31N7O7/c1-33-14-29-24(32-33)17-6-5-7-19(23(17)40-4)30-20-11-22(28-13-18(20)25(34)31-26(35,36)37)27-12-15-8-9-16(38-2)10-21(15)39-3/h5-11,13-14,24,32,35-37H,12H2,1-4H3,(H,31,34)(H2,27,28,30). The van der Waals surface area contributed by atoms with E-state index in [1.807, 2.05) is 19.2 Å². The highest BCUT2D eigenvalue weighted by Crippen LogP contribution is 2.37. The molecule has 1 aliphatic rings. The summed E-state index contributed by atoms with van der Waals surface area (Å²) in [5, 5.41) is 37.7. The van der Waals surface area contributed by atoms with E-state index in [0.717, 1.165) is 11.1 Å². The van der Waals surface area contributed by atoms with E-state index in [1.54, 1.807) is 61.2 Å². The van der Waals surface area contributed by atoms with Crippen molar-refractivity contribution >= 4 is 29.4 Å². The molecule has 1 aliphatic heterocycles. The van der Waals surface area contributed by atoms with E-state index in [4.69, 9.17) is 14.2 Å². The van der Waals surface area contributed by atoms with Crippen LogP contribution < -0.4 is 35.6 Å². The number of para-hydroxylation sites is 1. The number of aliphatic hydroxyl groups is 3. The highest BCUT2D eigenvalue weighted by atomic mass is 16.7. The summed E-state index contributed by atoms with van der Waals surface area (Å²) in [4.78, 5) is 21.5. The zero-order valence-corrected chi connectivity index (χ0v) is 22.3. The third-order valence-corrected chi connectivity index (χ3v) is 5.91. The molecule has 0 fully saturated rings. The largest absolute Gasteiger partial charge is 0.497 e. The SMILES string of the molecule is COc1ccc(CNc2cc(Nc3cccc(C4N=CN(C)N4)c3OC)c(C(=O)NC(O)(O)O)cn2)c(OC)c1. The van der Waals surface area contributed by atoms with Crippen LogP contribution in [0, 0.1) is 0 Å². The maximum atomic E-state index is 12.8. The number of hydrogen-bond donors (Lipinski definition) is 7. The van der Waals surface area contributed by atoms with Gasteiger partial charge in [0.1, 0.15) is 35.6 Å². The van der Waals surface area contributed by atoms with Crippen molar-refractivity contribution in [2.24, 2.45) is 4.99 Å². The van der Waals surface area contributed by atoms with Gasteiger partial charge in [-0.15, -0.1) is 0 Å². The zero-order chi connectivity index (χ0) is 28.9. The molecule has 3 aromatic rings. The fourth-order valence-electron chi connectivity index (χ4n) is 4.06. The quantitative estimate of drug-likeness (QED) is 0.169. The highest BCUT2D eigenvalue weighted by Gasteiger charge is 2.26. The van der Waals surface area contributed by atoms with Crippen LogP contribution in [0.2, 0.25) is 0 Å². The third kappa shape index (κ3) is 6.68. The van der Waals surface area contributed by atoms with Crippen LogP contribution in [0.3, 0.4) is 0 Å². The van der Waals surface area contributed by atoms with E-state index in [1.165, 1.54) is 13.3 Å².